The van der Waals surface area contributed by atoms with E-state index in [9.17, 15) is 14.4 Å². The molecule has 3 N–H and O–H groups in total. The number of amides is 4. The van der Waals surface area contributed by atoms with Crippen LogP contribution in [0.2, 0.25) is 0 Å². The molecule has 7 heteroatoms. The minimum Gasteiger partial charge on any atom is -0.349 e. The maximum absolute atomic E-state index is 12.9. The zero-order chi connectivity index (χ0) is 19.0. The predicted molar refractivity (Wildman–Crippen MR) is 98.9 cm³/mol. The van der Waals surface area contributed by atoms with Crippen molar-refractivity contribution in [2.24, 2.45) is 5.92 Å². The fourth-order valence-electron chi connectivity index (χ4n) is 3.51. The lowest BCUT2D eigenvalue weighted by molar-refractivity contribution is -0.124. The molecule has 2 aromatic rings. The molecule has 1 aliphatic carbocycles. The quantitative estimate of drug-likeness (QED) is 0.704. The summed E-state index contributed by atoms with van der Waals surface area (Å²) in [6.07, 6.45) is 4.93. The number of carbonyl (C=O) groups is 3. The van der Waals surface area contributed by atoms with Crippen molar-refractivity contribution in [3.8, 4) is 11.1 Å². The third-order valence-corrected chi connectivity index (χ3v) is 5.20. The van der Waals surface area contributed by atoms with Gasteiger partial charge in [-0.2, -0.15) is 0 Å². The number of nitrogens with zero attached hydrogens (tertiary/aromatic N) is 1. The molecular formula is C20H20N4O3. The molecule has 4 rings (SSSR count). The first kappa shape index (κ1) is 17.2. The van der Waals surface area contributed by atoms with Crippen molar-refractivity contribution < 1.29 is 14.4 Å². The lowest BCUT2D eigenvalue weighted by Crippen LogP contribution is -2.57. The van der Waals surface area contributed by atoms with Crippen LogP contribution in [0, 0.1) is 12.8 Å². The Morgan fingerprint density at radius 3 is 2.59 bits per heavy atom. The standard InChI is InChI=1S/C20H20N4O3/c1-12-2-4-13(5-3-12)16-10-21-9-8-15(16)17(25)22-11-20(14-6-7-14)18(26)23-19(27)24-20/h2-5,8-10,14H,6-7,11H2,1H3,(H,22,25)(H2,23,24,26,27)/t20-/m0/s1. The number of benzene rings is 1. The highest BCUT2D eigenvalue weighted by Crippen LogP contribution is 2.41. The van der Waals surface area contributed by atoms with Crippen molar-refractivity contribution in [2.75, 3.05) is 6.54 Å². The summed E-state index contributed by atoms with van der Waals surface area (Å²) in [5, 5.41) is 7.83. The zero-order valence-corrected chi connectivity index (χ0v) is 14.9. The van der Waals surface area contributed by atoms with E-state index in [0.29, 0.717) is 5.56 Å². The van der Waals surface area contributed by atoms with Gasteiger partial charge in [0.1, 0.15) is 5.54 Å². The van der Waals surface area contributed by atoms with Crippen molar-refractivity contribution in [1.82, 2.24) is 20.9 Å². The normalized spacial score (nSPS) is 21.5. The zero-order valence-electron chi connectivity index (χ0n) is 14.9. The van der Waals surface area contributed by atoms with Crippen molar-refractivity contribution in [3.63, 3.8) is 0 Å². The molecule has 4 amide bonds. The monoisotopic (exact) mass is 364 g/mol. The molecule has 0 unspecified atom stereocenters. The Morgan fingerprint density at radius 1 is 1.22 bits per heavy atom. The molecule has 1 saturated heterocycles. The highest BCUT2D eigenvalue weighted by molar-refractivity contribution is 6.08. The largest absolute Gasteiger partial charge is 0.349 e. The van der Waals surface area contributed by atoms with Gasteiger partial charge in [0, 0.05) is 18.0 Å². The summed E-state index contributed by atoms with van der Waals surface area (Å²) >= 11 is 0. The van der Waals surface area contributed by atoms with Crippen LogP contribution >= 0.6 is 0 Å². The van der Waals surface area contributed by atoms with Crippen LogP contribution in [0.4, 0.5) is 4.79 Å². The number of urea groups is 1. The van der Waals surface area contributed by atoms with E-state index in [1.165, 1.54) is 0 Å². The molecule has 1 aliphatic heterocycles. The molecule has 2 aliphatic rings. The molecule has 1 atom stereocenters. The Bertz CT molecular complexity index is 921. The first-order valence-electron chi connectivity index (χ1n) is 8.92. The van der Waals surface area contributed by atoms with Crippen molar-refractivity contribution in [2.45, 2.75) is 25.3 Å². The van der Waals surface area contributed by atoms with Crippen LogP contribution < -0.4 is 16.0 Å². The van der Waals surface area contributed by atoms with E-state index >= 15 is 0 Å². The predicted octanol–water partition coefficient (Wildman–Crippen LogP) is 1.78. The molecule has 0 spiro atoms. The van der Waals surface area contributed by atoms with E-state index in [4.69, 9.17) is 0 Å². The van der Waals surface area contributed by atoms with Crippen LogP contribution in [0.25, 0.3) is 11.1 Å². The molecule has 7 nitrogen and oxygen atoms in total. The summed E-state index contributed by atoms with van der Waals surface area (Å²) in [4.78, 5) is 40.9. The number of aryl methyl sites for hydroxylation is 1. The Hall–Kier alpha value is -3.22. The Kier molecular flexibility index (Phi) is 4.14. The van der Waals surface area contributed by atoms with Gasteiger partial charge < -0.3 is 10.6 Å². The van der Waals surface area contributed by atoms with Gasteiger partial charge in [0.15, 0.2) is 0 Å². The smallest absolute Gasteiger partial charge is 0.322 e. The molecule has 1 aromatic carbocycles. The number of imide groups is 1. The number of hydrogen-bond acceptors (Lipinski definition) is 4. The van der Waals surface area contributed by atoms with Crippen LogP contribution in [0.15, 0.2) is 42.7 Å². The Morgan fingerprint density at radius 2 is 1.96 bits per heavy atom. The maximum Gasteiger partial charge on any atom is 0.322 e. The van der Waals surface area contributed by atoms with E-state index in [0.717, 1.165) is 29.5 Å². The second-order valence-corrected chi connectivity index (χ2v) is 7.12. The average molecular weight is 364 g/mol. The van der Waals surface area contributed by atoms with Gasteiger partial charge in [0.05, 0.1) is 12.1 Å². The number of rotatable bonds is 5. The lowest BCUT2D eigenvalue weighted by atomic mass is 9.93. The molecular weight excluding hydrogens is 344 g/mol. The molecule has 27 heavy (non-hydrogen) atoms. The van der Waals surface area contributed by atoms with E-state index in [-0.39, 0.29) is 24.3 Å². The Balaban J connectivity index is 1.56. The summed E-state index contributed by atoms with van der Waals surface area (Å²) in [5.41, 5.74) is 2.16. The first-order chi connectivity index (χ1) is 13.0. The second kappa shape index (κ2) is 6.50. The summed E-state index contributed by atoms with van der Waals surface area (Å²) < 4.78 is 0. The summed E-state index contributed by atoms with van der Waals surface area (Å²) in [6.45, 7) is 2.06. The second-order valence-electron chi connectivity index (χ2n) is 7.12. The molecule has 0 bridgehead atoms. The molecule has 1 aromatic heterocycles. The highest BCUT2D eigenvalue weighted by atomic mass is 16.2. The van der Waals surface area contributed by atoms with Gasteiger partial charge in [-0.05, 0) is 37.3 Å². The number of hydrogen-bond donors (Lipinski definition) is 3. The minimum absolute atomic E-state index is 0.0539. The van der Waals surface area contributed by atoms with Crippen molar-refractivity contribution in [3.05, 3.63) is 53.9 Å². The minimum atomic E-state index is -1.05. The fraction of sp³-hybridized carbons (Fsp3) is 0.300. The summed E-state index contributed by atoms with van der Waals surface area (Å²) in [7, 11) is 0. The summed E-state index contributed by atoms with van der Waals surface area (Å²) in [6, 6.07) is 8.99. The lowest BCUT2D eigenvalue weighted by Gasteiger charge is -2.26. The van der Waals surface area contributed by atoms with Gasteiger partial charge in [-0.1, -0.05) is 29.8 Å². The third kappa shape index (κ3) is 3.16. The van der Waals surface area contributed by atoms with Gasteiger partial charge >= 0.3 is 6.03 Å². The number of pyridine rings is 1. The van der Waals surface area contributed by atoms with Gasteiger partial charge in [-0.3, -0.25) is 19.9 Å². The topological polar surface area (TPSA) is 100 Å². The third-order valence-electron chi connectivity index (χ3n) is 5.20. The van der Waals surface area contributed by atoms with Crippen LogP contribution in [-0.2, 0) is 4.79 Å². The molecule has 1 saturated carbocycles. The van der Waals surface area contributed by atoms with E-state index in [1.54, 1.807) is 18.5 Å². The first-order valence-corrected chi connectivity index (χ1v) is 8.92. The molecule has 2 fully saturated rings. The fourth-order valence-corrected chi connectivity index (χ4v) is 3.51. The van der Waals surface area contributed by atoms with Gasteiger partial charge in [-0.15, -0.1) is 0 Å². The van der Waals surface area contributed by atoms with Crippen LogP contribution in [0.1, 0.15) is 28.8 Å². The number of nitrogens with one attached hydrogen (secondary N) is 3. The van der Waals surface area contributed by atoms with Crippen molar-refractivity contribution >= 4 is 17.8 Å². The van der Waals surface area contributed by atoms with Crippen LogP contribution in [0.5, 0.6) is 0 Å². The SMILES string of the molecule is Cc1ccc(-c2cnccc2C(=O)NC[C@@]2(C3CC3)NC(=O)NC2=O)cc1. The van der Waals surface area contributed by atoms with Crippen LogP contribution in [0.3, 0.4) is 0 Å². The van der Waals surface area contributed by atoms with E-state index in [1.807, 2.05) is 31.2 Å². The number of carbonyl (C=O) groups excluding carboxylic acids is 3. The van der Waals surface area contributed by atoms with E-state index < -0.39 is 11.6 Å². The van der Waals surface area contributed by atoms with Gasteiger partial charge in [0.2, 0.25) is 0 Å². The average Bonchev–Trinajstić information content (AvgIpc) is 3.47. The van der Waals surface area contributed by atoms with Crippen molar-refractivity contribution in [1.29, 1.82) is 0 Å². The molecule has 0 radical (unpaired) electrons. The molecule has 138 valence electrons. The van der Waals surface area contributed by atoms with E-state index in [2.05, 4.69) is 20.9 Å². The molecule has 2 heterocycles. The van der Waals surface area contributed by atoms with Gasteiger partial charge in [-0.25, -0.2) is 4.79 Å². The summed E-state index contributed by atoms with van der Waals surface area (Å²) in [5.74, 6) is -0.621. The van der Waals surface area contributed by atoms with Crippen LogP contribution in [-0.4, -0.2) is 34.9 Å². The Labute approximate surface area is 156 Å². The van der Waals surface area contributed by atoms with Gasteiger partial charge in [0.25, 0.3) is 11.8 Å². The number of aromatic nitrogens is 1. The maximum atomic E-state index is 12.9. The highest BCUT2D eigenvalue weighted by Gasteiger charge is 2.56.